The van der Waals surface area contributed by atoms with Gasteiger partial charge < -0.3 is 14.7 Å². The van der Waals surface area contributed by atoms with E-state index >= 15 is 0 Å². The second kappa shape index (κ2) is 9.34. The van der Waals surface area contributed by atoms with E-state index in [1.165, 1.54) is 56.2 Å². The smallest absolute Gasteiger partial charge is 0.147 e. The number of ether oxygens (including phenoxy) is 1. The van der Waals surface area contributed by atoms with Crippen LogP contribution in [0.5, 0.6) is 0 Å². The molecule has 0 spiro atoms. The fourth-order valence-electron chi connectivity index (χ4n) is 4.55. The highest BCUT2D eigenvalue weighted by Crippen LogP contribution is 2.36. The van der Waals surface area contributed by atoms with Crippen molar-refractivity contribution in [2.75, 3.05) is 6.61 Å². The Morgan fingerprint density at radius 2 is 2.17 bits per heavy atom. The lowest BCUT2D eigenvalue weighted by Crippen LogP contribution is -2.08. The molecule has 4 heteroatoms. The molecule has 0 bridgehead atoms. The van der Waals surface area contributed by atoms with E-state index < -0.39 is 0 Å². The van der Waals surface area contributed by atoms with Gasteiger partial charge in [0.15, 0.2) is 0 Å². The summed E-state index contributed by atoms with van der Waals surface area (Å²) in [5.41, 5.74) is 6.95. The Kier molecular flexibility index (Phi) is 6.38. The van der Waals surface area contributed by atoms with Gasteiger partial charge in [0.2, 0.25) is 0 Å². The molecule has 0 fully saturated rings. The molecule has 0 saturated heterocycles. The predicted molar refractivity (Wildman–Crippen MR) is 120 cm³/mol. The van der Waals surface area contributed by atoms with Crippen molar-refractivity contribution in [3.63, 3.8) is 0 Å². The van der Waals surface area contributed by atoms with Gasteiger partial charge in [-0.25, -0.2) is 4.99 Å². The van der Waals surface area contributed by atoms with E-state index in [4.69, 9.17) is 9.73 Å². The lowest BCUT2D eigenvalue weighted by Gasteiger charge is -2.22. The largest absolute Gasteiger partial charge is 0.492 e. The Morgan fingerprint density at radius 3 is 2.97 bits per heavy atom. The van der Waals surface area contributed by atoms with Gasteiger partial charge in [0.25, 0.3) is 0 Å². The zero-order valence-electron chi connectivity index (χ0n) is 17.8. The van der Waals surface area contributed by atoms with Gasteiger partial charge in [0, 0.05) is 23.7 Å². The Morgan fingerprint density at radius 1 is 1.24 bits per heavy atom. The Labute approximate surface area is 174 Å². The van der Waals surface area contributed by atoms with Crippen LogP contribution in [0.4, 0.5) is 0 Å². The van der Waals surface area contributed by atoms with Crippen LogP contribution in [0.2, 0.25) is 0 Å². The number of fused-ring (bicyclic) bond motifs is 1. The van der Waals surface area contributed by atoms with Gasteiger partial charge in [-0.2, -0.15) is 0 Å². The molecule has 4 nitrogen and oxygen atoms in total. The molecule has 0 radical (unpaired) electrons. The molecule has 3 heterocycles. The molecule has 1 unspecified atom stereocenters. The standard InChI is InChI=1S/C25H33N3O/c1-3-5-6-7-10-18-11-8-12-21-20(18)15-19(27-21)16-24-25(29-4-2)17-23(28-24)22-13-9-14-26-22/h9,13-18,26-27H,3-8,10-12H2,1-2H3. The third-order valence-corrected chi connectivity index (χ3v) is 6.01. The number of nitrogens with zero attached hydrogens (tertiary/aromatic N) is 1. The molecule has 2 aliphatic rings. The lowest BCUT2D eigenvalue weighted by atomic mass is 9.83. The van der Waals surface area contributed by atoms with Crippen LogP contribution >= 0.6 is 0 Å². The summed E-state index contributed by atoms with van der Waals surface area (Å²) in [5.74, 6) is 1.56. The zero-order chi connectivity index (χ0) is 20.1. The number of aromatic nitrogens is 2. The number of allylic oxidation sites excluding steroid dienone is 1. The van der Waals surface area contributed by atoms with Gasteiger partial charge in [-0.3, -0.25) is 0 Å². The molecule has 2 aromatic heterocycles. The highest BCUT2D eigenvalue weighted by atomic mass is 16.5. The summed E-state index contributed by atoms with van der Waals surface area (Å²) in [4.78, 5) is 11.7. The summed E-state index contributed by atoms with van der Waals surface area (Å²) < 4.78 is 5.87. The number of nitrogens with one attached hydrogen (secondary N) is 2. The van der Waals surface area contributed by atoms with Crippen molar-refractivity contribution >= 4 is 11.8 Å². The van der Waals surface area contributed by atoms with E-state index in [0.717, 1.165) is 35.0 Å². The number of aliphatic imine (C=N–C) groups is 1. The molecule has 4 rings (SSSR count). The van der Waals surface area contributed by atoms with Crippen LogP contribution in [-0.4, -0.2) is 22.3 Å². The van der Waals surface area contributed by atoms with E-state index in [2.05, 4.69) is 29.0 Å². The van der Waals surface area contributed by atoms with E-state index in [9.17, 15) is 0 Å². The molecular formula is C25H33N3O. The molecule has 1 aliphatic heterocycles. The molecule has 1 atom stereocenters. The number of H-pyrrole nitrogens is 2. The van der Waals surface area contributed by atoms with Crippen LogP contribution in [-0.2, 0) is 11.2 Å². The van der Waals surface area contributed by atoms with Crippen LogP contribution < -0.4 is 0 Å². The van der Waals surface area contributed by atoms with Crippen molar-refractivity contribution in [3.05, 3.63) is 64.6 Å². The number of aryl methyl sites for hydroxylation is 1. The van der Waals surface area contributed by atoms with Crippen LogP contribution in [0.25, 0.3) is 6.08 Å². The van der Waals surface area contributed by atoms with E-state index in [-0.39, 0.29) is 0 Å². The van der Waals surface area contributed by atoms with E-state index in [0.29, 0.717) is 12.5 Å². The predicted octanol–water partition coefficient (Wildman–Crippen LogP) is 6.50. The van der Waals surface area contributed by atoms with Gasteiger partial charge in [-0.15, -0.1) is 0 Å². The molecule has 29 heavy (non-hydrogen) atoms. The first-order valence-corrected chi connectivity index (χ1v) is 11.3. The third kappa shape index (κ3) is 4.58. The summed E-state index contributed by atoms with van der Waals surface area (Å²) in [6, 6.07) is 6.39. The van der Waals surface area contributed by atoms with Crippen LogP contribution in [0, 0.1) is 0 Å². The first kappa shape index (κ1) is 19.8. The zero-order valence-corrected chi connectivity index (χ0v) is 17.8. The number of hydrogen-bond donors (Lipinski definition) is 2. The minimum absolute atomic E-state index is 0.637. The van der Waals surface area contributed by atoms with Crippen molar-refractivity contribution in [2.24, 2.45) is 4.99 Å². The average molecular weight is 392 g/mol. The number of hydrogen-bond acceptors (Lipinski definition) is 2. The molecule has 0 aromatic carbocycles. The van der Waals surface area contributed by atoms with Crippen molar-refractivity contribution in [1.82, 2.24) is 9.97 Å². The van der Waals surface area contributed by atoms with Crippen molar-refractivity contribution < 1.29 is 4.74 Å². The maximum atomic E-state index is 5.87. The molecule has 1 aliphatic carbocycles. The van der Waals surface area contributed by atoms with Gasteiger partial charge in [0.1, 0.15) is 11.5 Å². The van der Waals surface area contributed by atoms with Crippen molar-refractivity contribution in [3.8, 4) is 0 Å². The normalized spacial score (nSPS) is 19.9. The SMILES string of the molecule is CCCCCCC1CCCc2[nH]c(C=C3N=C(c4ccc[nH]4)C=C3OCC)cc21. The minimum Gasteiger partial charge on any atom is -0.492 e. The average Bonchev–Trinajstić information content (AvgIpc) is 3.46. The molecule has 154 valence electrons. The fraction of sp³-hybridized carbons (Fsp3) is 0.480. The second-order valence-corrected chi connectivity index (χ2v) is 8.15. The van der Waals surface area contributed by atoms with Crippen LogP contribution in [0.1, 0.15) is 87.4 Å². The summed E-state index contributed by atoms with van der Waals surface area (Å²) in [6.45, 7) is 4.93. The Bertz CT molecular complexity index is 899. The number of aromatic amines is 2. The van der Waals surface area contributed by atoms with Gasteiger partial charge in [-0.1, -0.05) is 32.6 Å². The van der Waals surface area contributed by atoms with E-state index in [1.807, 2.05) is 31.3 Å². The fourth-order valence-corrected chi connectivity index (χ4v) is 4.55. The van der Waals surface area contributed by atoms with Crippen molar-refractivity contribution in [2.45, 2.75) is 71.1 Å². The molecular weight excluding hydrogens is 358 g/mol. The van der Waals surface area contributed by atoms with E-state index in [1.54, 1.807) is 0 Å². The highest BCUT2D eigenvalue weighted by Gasteiger charge is 2.23. The van der Waals surface area contributed by atoms with Gasteiger partial charge >= 0.3 is 0 Å². The number of unbranched alkanes of at least 4 members (excludes halogenated alkanes) is 3. The topological polar surface area (TPSA) is 53.2 Å². The molecule has 2 aromatic rings. The highest BCUT2D eigenvalue weighted by molar-refractivity contribution is 6.11. The minimum atomic E-state index is 0.637. The first-order chi connectivity index (χ1) is 14.3. The summed E-state index contributed by atoms with van der Waals surface area (Å²) in [6.07, 6.45) is 16.6. The Hall–Kier alpha value is -2.49. The molecule has 0 amide bonds. The van der Waals surface area contributed by atoms with Crippen LogP contribution in [0.15, 0.2) is 46.9 Å². The third-order valence-electron chi connectivity index (χ3n) is 6.01. The van der Waals surface area contributed by atoms with Gasteiger partial charge in [0.05, 0.1) is 18.0 Å². The quantitative estimate of drug-likeness (QED) is 0.471. The number of rotatable bonds is 9. The van der Waals surface area contributed by atoms with Gasteiger partial charge in [-0.05, 0) is 68.4 Å². The summed E-state index contributed by atoms with van der Waals surface area (Å²) in [7, 11) is 0. The Balaban J connectivity index is 1.55. The summed E-state index contributed by atoms with van der Waals surface area (Å²) in [5, 5.41) is 0. The monoisotopic (exact) mass is 391 g/mol. The first-order valence-electron chi connectivity index (χ1n) is 11.3. The maximum Gasteiger partial charge on any atom is 0.147 e. The second-order valence-electron chi connectivity index (χ2n) is 8.15. The lowest BCUT2D eigenvalue weighted by molar-refractivity contribution is 0.239. The molecule has 2 N–H and O–H groups in total. The van der Waals surface area contributed by atoms with Crippen LogP contribution in [0.3, 0.4) is 0 Å². The molecule has 0 saturated carbocycles. The maximum absolute atomic E-state index is 5.87. The van der Waals surface area contributed by atoms with Crippen molar-refractivity contribution in [1.29, 1.82) is 0 Å². The summed E-state index contributed by atoms with van der Waals surface area (Å²) >= 11 is 0.